The summed E-state index contributed by atoms with van der Waals surface area (Å²) in [5.74, 6) is -0.623. The first-order valence-electron chi connectivity index (χ1n) is 8.64. The summed E-state index contributed by atoms with van der Waals surface area (Å²) in [7, 11) is -3.80. The highest BCUT2D eigenvalue weighted by atomic mass is 32.2. The standard InChI is InChI=1S/C18H20N4O5S/c19-28(25,26)14-7-5-13(6-8-14)21-16(23)12-27-18(24)15-4-3-9-20-17(15)22-10-1-2-11-22/h3-9H,1-2,10-12H2,(H,21,23)(H2,19,25,26). The molecule has 1 aromatic heterocycles. The topological polar surface area (TPSA) is 132 Å². The van der Waals surface area contributed by atoms with Gasteiger partial charge in [-0.1, -0.05) is 0 Å². The number of benzene rings is 1. The minimum Gasteiger partial charge on any atom is -0.452 e. The average molecular weight is 404 g/mol. The first-order valence-corrected chi connectivity index (χ1v) is 10.2. The van der Waals surface area contributed by atoms with Gasteiger partial charge in [0.05, 0.1) is 4.90 Å². The number of nitrogens with one attached hydrogen (secondary N) is 1. The van der Waals surface area contributed by atoms with E-state index in [1.54, 1.807) is 18.3 Å². The molecule has 0 bridgehead atoms. The van der Waals surface area contributed by atoms with Gasteiger partial charge in [-0.15, -0.1) is 0 Å². The fraction of sp³-hybridized carbons (Fsp3) is 0.278. The number of hydrogen-bond acceptors (Lipinski definition) is 7. The number of carbonyl (C=O) groups is 2. The Morgan fingerprint density at radius 1 is 1.14 bits per heavy atom. The summed E-state index contributed by atoms with van der Waals surface area (Å²) >= 11 is 0. The molecule has 0 unspecified atom stereocenters. The number of sulfonamides is 1. The van der Waals surface area contributed by atoms with Gasteiger partial charge in [-0.05, 0) is 49.2 Å². The Labute approximate surface area is 162 Å². The van der Waals surface area contributed by atoms with Crippen molar-refractivity contribution in [2.45, 2.75) is 17.7 Å². The molecule has 0 saturated carbocycles. The van der Waals surface area contributed by atoms with E-state index in [0.717, 1.165) is 25.9 Å². The molecule has 3 N–H and O–H groups in total. The molecule has 1 aromatic carbocycles. The maximum Gasteiger partial charge on any atom is 0.342 e. The highest BCUT2D eigenvalue weighted by Gasteiger charge is 2.22. The second-order valence-electron chi connectivity index (χ2n) is 6.26. The van der Waals surface area contributed by atoms with Gasteiger partial charge >= 0.3 is 5.97 Å². The van der Waals surface area contributed by atoms with Crippen LogP contribution in [0.5, 0.6) is 0 Å². The van der Waals surface area contributed by atoms with Crippen LogP contribution < -0.4 is 15.4 Å². The van der Waals surface area contributed by atoms with E-state index in [-0.39, 0.29) is 4.90 Å². The van der Waals surface area contributed by atoms with Crippen LogP contribution in [0, 0.1) is 0 Å². The number of primary sulfonamides is 1. The van der Waals surface area contributed by atoms with Crippen LogP contribution in [-0.2, 0) is 19.6 Å². The Morgan fingerprint density at radius 3 is 2.46 bits per heavy atom. The number of esters is 1. The Hall–Kier alpha value is -2.98. The van der Waals surface area contributed by atoms with Gasteiger partial charge in [0.2, 0.25) is 10.0 Å². The predicted octanol–water partition coefficient (Wildman–Crippen LogP) is 1.12. The maximum absolute atomic E-state index is 12.4. The summed E-state index contributed by atoms with van der Waals surface area (Å²) in [4.78, 5) is 30.6. The molecule has 148 valence electrons. The maximum atomic E-state index is 12.4. The molecule has 1 amide bonds. The van der Waals surface area contributed by atoms with Crippen LogP contribution in [-0.4, -0.2) is 45.0 Å². The first kappa shape index (κ1) is 19.8. The number of hydrogen-bond donors (Lipinski definition) is 2. The van der Waals surface area contributed by atoms with E-state index < -0.39 is 28.5 Å². The Bertz CT molecular complexity index is 970. The van der Waals surface area contributed by atoms with Crippen LogP contribution in [0.3, 0.4) is 0 Å². The minimum atomic E-state index is -3.80. The number of amides is 1. The molecule has 1 fully saturated rings. The molecule has 2 heterocycles. The summed E-state index contributed by atoms with van der Waals surface area (Å²) < 4.78 is 27.6. The highest BCUT2D eigenvalue weighted by Crippen LogP contribution is 2.22. The van der Waals surface area contributed by atoms with Crippen molar-refractivity contribution in [1.82, 2.24) is 4.98 Å². The number of nitrogens with two attached hydrogens (primary N) is 1. The van der Waals surface area contributed by atoms with Gasteiger partial charge in [0.25, 0.3) is 5.91 Å². The van der Waals surface area contributed by atoms with Gasteiger partial charge < -0.3 is 15.0 Å². The van der Waals surface area contributed by atoms with Gasteiger partial charge in [-0.2, -0.15) is 0 Å². The predicted molar refractivity (Wildman–Crippen MR) is 102 cm³/mol. The minimum absolute atomic E-state index is 0.0667. The average Bonchev–Trinajstić information content (AvgIpc) is 3.20. The molecule has 0 atom stereocenters. The van der Waals surface area contributed by atoms with Crippen LogP contribution in [0.25, 0.3) is 0 Å². The summed E-state index contributed by atoms with van der Waals surface area (Å²) in [6, 6.07) is 8.60. The van der Waals surface area contributed by atoms with Crippen LogP contribution in [0.1, 0.15) is 23.2 Å². The zero-order valence-electron chi connectivity index (χ0n) is 15.0. The number of ether oxygens (including phenoxy) is 1. The smallest absolute Gasteiger partial charge is 0.342 e. The van der Waals surface area contributed by atoms with E-state index in [4.69, 9.17) is 9.88 Å². The number of pyridine rings is 1. The highest BCUT2D eigenvalue weighted by molar-refractivity contribution is 7.89. The number of nitrogens with zero attached hydrogens (tertiary/aromatic N) is 2. The molecular formula is C18H20N4O5S. The second kappa shape index (κ2) is 8.36. The van der Waals surface area contributed by atoms with Crippen LogP contribution in [0.4, 0.5) is 11.5 Å². The molecule has 0 spiro atoms. The SMILES string of the molecule is NS(=O)(=O)c1ccc(NC(=O)COC(=O)c2cccnc2N2CCCC2)cc1. The molecule has 9 nitrogen and oxygen atoms in total. The Kier molecular flexibility index (Phi) is 5.90. The first-order chi connectivity index (χ1) is 13.3. The third-order valence-electron chi connectivity index (χ3n) is 4.21. The van der Waals surface area contributed by atoms with Gasteiger partial charge in [0.1, 0.15) is 11.4 Å². The third kappa shape index (κ3) is 4.84. The van der Waals surface area contributed by atoms with Gasteiger partial charge in [-0.25, -0.2) is 23.3 Å². The molecule has 1 aliphatic rings. The van der Waals surface area contributed by atoms with Crippen LogP contribution in [0.2, 0.25) is 0 Å². The zero-order chi connectivity index (χ0) is 20.1. The number of aromatic nitrogens is 1. The van der Waals surface area contributed by atoms with Crippen molar-refractivity contribution in [3.63, 3.8) is 0 Å². The van der Waals surface area contributed by atoms with Crippen molar-refractivity contribution < 1.29 is 22.7 Å². The summed E-state index contributed by atoms with van der Waals surface area (Å²) in [5, 5.41) is 7.54. The summed E-state index contributed by atoms with van der Waals surface area (Å²) in [5.41, 5.74) is 0.669. The lowest BCUT2D eigenvalue weighted by molar-refractivity contribution is -0.119. The van der Waals surface area contributed by atoms with E-state index in [0.29, 0.717) is 17.1 Å². The molecule has 0 radical (unpaired) electrons. The Morgan fingerprint density at radius 2 is 1.82 bits per heavy atom. The number of carbonyl (C=O) groups excluding carboxylic acids is 2. The normalized spacial score (nSPS) is 14.0. The van der Waals surface area contributed by atoms with Crippen LogP contribution in [0.15, 0.2) is 47.5 Å². The summed E-state index contributed by atoms with van der Waals surface area (Å²) in [6.07, 6.45) is 3.69. The lowest BCUT2D eigenvalue weighted by Gasteiger charge is -2.18. The lowest BCUT2D eigenvalue weighted by atomic mass is 10.2. The van der Waals surface area contributed by atoms with E-state index in [1.165, 1.54) is 24.3 Å². The van der Waals surface area contributed by atoms with E-state index in [2.05, 4.69) is 10.3 Å². The summed E-state index contributed by atoms with van der Waals surface area (Å²) in [6.45, 7) is 1.17. The molecule has 0 aliphatic carbocycles. The molecule has 2 aromatic rings. The van der Waals surface area contributed by atoms with Crippen molar-refractivity contribution in [1.29, 1.82) is 0 Å². The third-order valence-corrected chi connectivity index (χ3v) is 5.14. The van der Waals surface area contributed by atoms with Gasteiger partial charge in [-0.3, -0.25) is 4.79 Å². The zero-order valence-corrected chi connectivity index (χ0v) is 15.8. The van der Waals surface area contributed by atoms with Crippen molar-refractivity contribution in [2.75, 3.05) is 29.9 Å². The number of rotatable bonds is 6. The monoisotopic (exact) mass is 404 g/mol. The lowest BCUT2D eigenvalue weighted by Crippen LogP contribution is -2.25. The largest absolute Gasteiger partial charge is 0.452 e. The molecule has 28 heavy (non-hydrogen) atoms. The van der Waals surface area contributed by atoms with Gasteiger partial charge in [0, 0.05) is 25.0 Å². The van der Waals surface area contributed by atoms with Crippen molar-refractivity contribution in [3.05, 3.63) is 48.2 Å². The molecule has 3 rings (SSSR count). The molecule has 10 heteroatoms. The van der Waals surface area contributed by atoms with Crippen molar-refractivity contribution >= 4 is 33.4 Å². The van der Waals surface area contributed by atoms with Crippen molar-refractivity contribution in [2.24, 2.45) is 5.14 Å². The fourth-order valence-electron chi connectivity index (χ4n) is 2.87. The molecular weight excluding hydrogens is 384 g/mol. The number of anilines is 2. The molecule has 1 saturated heterocycles. The fourth-order valence-corrected chi connectivity index (χ4v) is 3.39. The van der Waals surface area contributed by atoms with E-state index in [1.807, 2.05) is 4.90 Å². The van der Waals surface area contributed by atoms with E-state index >= 15 is 0 Å². The Balaban J connectivity index is 1.58. The van der Waals surface area contributed by atoms with Crippen LogP contribution >= 0.6 is 0 Å². The van der Waals surface area contributed by atoms with Gasteiger partial charge in [0.15, 0.2) is 6.61 Å². The quantitative estimate of drug-likeness (QED) is 0.690. The molecule has 1 aliphatic heterocycles. The second-order valence-corrected chi connectivity index (χ2v) is 7.82. The van der Waals surface area contributed by atoms with Crippen molar-refractivity contribution in [3.8, 4) is 0 Å². The van der Waals surface area contributed by atoms with E-state index in [9.17, 15) is 18.0 Å².